The average molecular weight is 309 g/mol. The molecule has 0 atom stereocenters. The number of rotatable bonds is 10. The van der Waals surface area contributed by atoms with Crippen molar-refractivity contribution in [1.82, 2.24) is 4.90 Å². The molecule has 126 valence electrons. The third-order valence-corrected chi connectivity index (χ3v) is 3.97. The smallest absolute Gasteiger partial charge is 0.222 e. The van der Waals surface area contributed by atoms with Crippen LogP contribution >= 0.6 is 0 Å². The SMILES string of the molecule is CCN(CC)C(=O)CC/C(C(=O)CCC(C)C)=C(\C)C(C)=O. The summed E-state index contributed by atoms with van der Waals surface area (Å²) in [6.07, 6.45) is 1.89. The van der Waals surface area contributed by atoms with Crippen molar-refractivity contribution in [2.45, 2.75) is 67.2 Å². The summed E-state index contributed by atoms with van der Waals surface area (Å²) in [5.41, 5.74) is 1.04. The summed E-state index contributed by atoms with van der Waals surface area (Å²) in [6, 6.07) is 0. The number of allylic oxidation sites excluding steroid dienone is 2. The van der Waals surface area contributed by atoms with E-state index in [0.717, 1.165) is 6.42 Å². The van der Waals surface area contributed by atoms with Crippen molar-refractivity contribution in [3.05, 3.63) is 11.1 Å². The molecular weight excluding hydrogens is 278 g/mol. The summed E-state index contributed by atoms with van der Waals surface area (Å²) in [5.74, 6) is 0.396. The number of Topliss-reactive ketones (excluding diaryl/α,β-unsaturated/α-hetero) is 2. The predicted octanol–water partition coefficient (Wildman–Crippen LogP) is 3.55. The van der Waals surface area contributed by atoms with Gasteiger partial charge in [0.25, 0.3) is 0 Å². The molecule has 22 heavy (non-hydrogen) atoms. The summed E-state index contributed by atoms with van der Waals surface area (Å²) < 4.78 is 0. The largest absolute Gasteiger partial charge is 0.343 e. The van der Waals surface area contributed by atoms with Gasteiger partial charge in [0, 0.05) is 31.5 Å². The fraction of sp³-hybridized carbons (Fsp3) is 0.722. The van der Waals surface area contributed by atoms with Gasteiger partial charge in [0.05, 0.1) is 0 Å². The minimum Gasteiger partial charge on any atom is -0.343 e. The maximum atomic E-state index is 12.4. The number of hydrogen-bond donors (Lipinski definition) is 0. The van der Waals surface area contributed by atoms with Gasteiger partial charge in [-0.05, 0) is 52.0 Å². The van der Waals surface area contributed by atoms with Gasteiger partial charge in [0.15, 0.2) is 11.6 Å². The van der Waals surface area contributed by atoms with Crippen LogP contribution < -0.4 is 0 Å². The van der Waals surface area contributed by atoms with E-state index >= 15 is 0 Å². The van der Waals surface area contributed by atoms with E-state index in [1.54, 1.807) is 11.8 Å². The van der Waals surface area contributed by atoms with Gasteiger partial charge in [-0.2, -0.15) is 0 Å². The van der Waals surface area contributed by atoms with Crippen molar-refractivity contribution in [3.8, 4) is 0 Å². The maximum absolute atomic E-state index is 12.4. The van der Waals surface area contributed by atoms with Crippen molar-refractivity contribution < 1.29 is 14.4 Å². The molecule has 0 rings (SSSR count). The standard InChI is InChI=1S/C18H31NO3/c1-7-19(8-2)18(22)12-10-16(14(5)15(6)20)17(21)11-9-13(3)4/h13H,7-12H2,1-6H3/b16-14-. The molecule has 0 unspecified atom stereocenters. The maximum Gasteiger partial charge on any atom is 0.222 e. The molecule has 0 saturated carbocycles. The molecule has 0 aliphatic carbocycles. The summed E-state index contributed by atoms with van der Waals surface area (Å²) in [5, 5.41) is 0. The monoisotopic (exact) mass is 309 g/mol. The molecule has 0 radical (unpaired) electrons. The predicted molar refractivity (Wildman–Crippen MR) is 89.6 cm³/mol. The Kier molecular flexibility index (Phi) is 9.63. The Labute approximate surface area is 134 Å². The Balaban J connectivity index is 4.98. The third kappa shape index (κ3) is 7.01. The lowest BCUT2D eigenvalue weighted by Gasteiger charge is -2.19. The Hall–Kier alpha value is -1.45. The Bertz CT molecular complexity index is 432. The van der Waals surface area contributed by atoms with Gasteiger partial charge in [-0.3, -0.25) is 14.4 Å². The van der Waals surface area contributed by atoms with E-state index < -0.39 is 0 Å². The number of ketones is 2. The minimum absolute atomic E-state index is 0.00810. The Morgan fingerprint density at radius 2 is 1.45 bits per heavy atom. The van der Waals surface area contributed by atoms with Crippen LogP contribution in [0.5, 0.6) is 0 Å². The van der Waals surface area contributed by atoms with Gasteiger partial charge in [0.2, 0.25) is 5.91 Å². The van der Waals surface area contributed by atoms with E-state index in [1.807, 2.05) is 13.8 Å². The second kappa shape index (κ2) is 10.3. The lowest BCUT2D eigenvalue weighted by atomic mass is 9.93. The highest BCUT2D eigenvalue weighted by Crippen LogP contribution is 2.18. The molecule has 0 spiro atoms. The molecule has 4 nitrogen and oxygen atoms in total. The number of hydrogen-bond acceptors (Lipinski definition) is 3. The fourth-order valence-electron chi connectivity index (χ4n) is 2.29. The zero-order valence-electron chi connectivity index (χ0n) is 15.0. The Morgan fingerprint density at radius 1 is 0.909 bits per heavy atom. The van der Waals surface area contributed by atoms with E-state index in [1.165, 1.54) is 6.92 Å². The van der Waals surface area contributed by atoms with Crippen LogP contribution in [0.4, 0.5) is 0 Å². The zero-order valence-corrected chi connectivity index (χ0v) is 15.0. The van der Waals surface area contributed by atoms with Crippen LogP contribution in [0.25, 0.3) is 0 Å². The van der Waals surface area contributed by atoms with Crippen molar-refractivity contribution in [2.75, 3.05) is 13.1 Å². The van der Waals surface area contributed by atoms with E-state index in [9.17, 15) is 14.4 Å². The van der Waals surface area contributed by atoms with Crippen molar-refractivity contribution in [2.24, 2.45) is 5.92 Å². The first-order valence-corrected chi connectivity index (χ1v) is 8.26. The minimum atomic E-state index is -0.0943. The first-order valence-electron chi connectivity index (χ1n) is 8.26. The normalized spacial score (nSPS) is 12.1. The van der Waals surface area contributed by atoms with Crippen LogP contribution in [-0.2, 0) is 14.4 Å². The number of amides is 1. The molecule has 4 heteroatoms. The van der Waals surface area contributed by atoms with Crippen LogP contribution in [-0.4, -0.2) is 35.5 Å². The number of carbonyl (C=O) groups is 3. The number of carbonyl (C=O) groups excluding carboxylic acids is 3. The molecule has 0 aliphatic rings. The third-order valence-electron chi connectivity index (χ3n) is 3.97. The van der Waals surface area contributed by atoms with Crippen LogP contribution in [0.1, 0.15) is 67.2 Å². The molecule has 0 aromatic carbocycles. The highest BCUT2D eigenvalue weighted by atomic mass is 16.2. The molecule has 0 aliphatic heterocycles. The number of nitrogens with zero attached hydrogens (tertiary/aromatic N) is 1. The van der Waals surface area contributed by atoms with E-state index in [0.29, 0.717) is 43.0 Å². The van der Waals surface area contributed by atoms with Crippen molar-refractivity contribution in [3.63, 3.8) is 0 Å². The first-order chi connectivity index (χ1) is 10.2. The van der Waals surface area contributed by atoms with Crippen LogP contribution in [0.15, 0.2) is 11.1 Å². The van der Waals surface area contributed by atoms with Crippen molar-refractivity contribution in [1.29, 1.82) is 0 Å². The van der Waals surface area contributed by atoms with Gasteiger partial charge in [-0.15, -0.1) is 0 Å². The van der Waals surface area contributed by atoms with Gasteiger partial charge in [0.1, 0.15) is 0 Å². The zero-order chi connectivity index (χ0) is 17.3. The van der Waals surface area contributed by atoms with Crippen LogP contribution in [0.2, 0.25) is 0 Å². The molecule has 0 bridgehead atoms. The second-order valence-corrected chi connectivity index (χ2v) is 6.08. The van der Waals surface area contributed by atoms with E-state index in [-0.39, 0.29) is 23.9 Å². The molecule has 0 saturated heterocycles. The Morgan fingerprint density at radius 3 is 1.86 bits per heavy atom. The van der Waals surface area contributed by atoms with Crippen LogP contribution in [0.3, 0.4) is 0 Å². The molecule has 1 amide bonds. The molecular formula is C18H31NO3. The molecule has 0 aromatic rings. The van der Waals surface area contributed by atoms with E-state index in [4.69, 9.17) is 0 Å². The van der Waals surface area contributed by atoms with Crippen molar-refractivity contribution >= 4 is 17.5 Å². The molecule has 0 aromatic heterocycles. The van der Waals surface area contributed by atoms with E-state index in [2.05, 4.69) is 13.8 Å². The molecule has 0 fully saturated rings. The fourth-order valence-corrected chi connectivity index (χ4v) is 2.29. The average Bonchev–Trinajstić information content (AvgIpc) is 2.46. The summed E-state index contributed by atoms with van der Waals surface area (Å²) in [4.78, 5) is 37.8. The topological polar surface area (TPSA) is 54.5 Å². The molecule has 0 N–H and O–H groups in total. The second-order valence-electron chi connectivity index (χ2n) is 6.08. The summed E-state index contributed by atoms with van der Waals surface area (Å²) in [6.45, 7) is 12.5. The molecule has 0 heterocycles. The van der Waals surface area contributed by atoms with Crippen LogP contribution in [0, 0.1) is 5.92 Å². The quantitative estimate of drug-likeness (QED) is 0.580. The first kappa shape index (κ1) is 20.6. The lowest BCUT2D eigenvalue weighted by Crippen LogP contribution is -2.30. The van der Waals surface area contributed by atoms with Gasteiger partial charge >= 0.3 is 0 Å². The van der Waals surface area contributed by atoms with Gasteiger partial charge < -0.3 is 4.90 Å². The van der Waals surface area contributed by atoms with Gasteiger partial charge in [-0.25, -0.2) is 0 Å². The highest BCUT2D eigenvalue weighted by Gasteiger charge is 2.18. The lowest BCUT2D eigenvalue weighted by molar-refractivity contribution is -0.130. The summed E-state index contributed by atoms with van der Waals surface area (Å²) >= 11 is 0. The van der Waals surface area contributed by atoms with Gasteiger partial charge in [-0.1, -0.05) is 13.8 Å². The highest BCUT2D eigenvalue weighted by molar-refractivity contribution is 6.05. The summed E-state index contributed by atoms with van der Waals surface area (Å²) in [7, 11) is 0.